The minimum atomic E-state index is 0.630. The predicted molar refractivity (Wildman–Crippen MR) is 115 cm³/mol. The van der Waals surface area contributed by atoms with Crippen LogP contribution in [-0.4, -0.2) is 21.2 Å². The van der Waals surface area contributed by atoms with Crippen molar-refractivity contribution in [2.24, 2.45) is 0 Å². The highest BCUT2D eigenvalue weighted by molar-refractivity contribution is 9.09. The molecule has 2 heterocycles. The highest BCUT2D eigenvalue weighted by Gasteiger charge is 1.97. The van der Waals surface area contributed by atoms with Crippen LogP contribution in [0.4, 0.5) is 0 Å². The number of benzene rings is 2. The number of halogens is 2. The number of aromatic nitrogens is 2. The Kier molecular flexibility index (Phi) is 6.98. The van der Waals surface area contributed by atoms with Crippen LogP contribution in [0, 0.1) is 0 Å². The van der Waals surface area contributed by atoms with Crippen LogP contribution in [0.1, 0.15) is 11.4 Å². The zero-order chi connectivity index (χ0) is 18.2. The number of nitrogens with zero attached hydrogens (tertiary/aromatic N) is 2. The van der Waals surface area contributed by atoms with Crippen molar-refractivity contribution >= 4 is 49.3 Å². The summed E-state index contributed by atoms with van der Waals surface area (Å²) >= 11 is 9.06. The minimum absolute atomic E-state index is 0.630. The molecule has 2 aromatic heterocycles. The van der Waals surface area contributed by atoms with Gasteiger partial charge in [0, 0.05) is 39.8 Å². The van der Waals surface area contributed by atoms with E-state index in [9.17, 15) is 0 Å². The summed E-state index contributed by atoms with van der Waals surface area (Å²) in [5.74, 6) is 0.630. The molecule has 0 saturated heterocycles. The third-order valence-corrected chi connectivity index (χ3v) is 4.60. The van der Waals surface area contributed by atoms with Crippen LogP contribution < -0.4 is 0 Å². The summed E-state index contributed by atoms with van der Waals surface area (Å²) in [6.45, 7) is 0. The van der Waals surface area contributed by atoms with Crippen molar-refractivity contribution in [1.82, 2.24) is 9.97 Å². The smallest absolute Gasteiger partial charge is 0.0705 e. The molecule has 0 aliphatic carbocycles. The Morgan fingerprint density at radius 1 is 0.654 bits per heavy atom. The molecule has 0 bridgehead atoms. The van der Waals surface area contributed by atoms with E-state index in [2.05, 4.69) is 56.2 Å². The lowest BCUT2D eigenvalue weighted by Gasteiger charge is -1.99. The minimum Gasteiger partial charge on any atom is -0.253 e. The van der Waals surface area contributed by atoms with E-state index in [1.165, 1.54) is 10.8 Å². The van der Waals surface area contributed by atoms with Gasteiger partial charge in [-0.15, -0.1) is 11.6 Å². The summed E-state index contributed by atoms with van der Waals surface area (Å²) in [5, 5.41) is 3.36. The maximum Gasteiger partial charge on any atom is 0.0705 e. The third kappa shape index (κ3) is 5.03. The number of fused-ring (bicyclic) bond motifs is 2. The average Bonchev–Trinajstić information content (AvgIpc) is 2.69. The van der Waals surface area contributed by atoms with Gasteiger partial charge in [0.2, 0.25) is 0 Å². The number of alkyl halides is 2. The average molecular weight is 428 g/mol. The Morgan fingerprint density at radius 2 is 1.15 bits per heavy atom. The van der Waals surface area contributed by atoms with Crippen molar-refractivity contribution in [2.75, 3.05) is 11.2 Å². The fourth-order valence-electron chi connectivity index (χ4n) is 2.69. The monoisotopic (exact) mass is 426 g/mol. The van der Waals surface area contributed by atoms with Crippen LogP contribution in [0.15, 0.2) is 72.8 Å². The van der Waals surface area contributed by atoms with E-state index in [0.29, 0.717) is 5.88 Å². The van der Waals surface area contributed by atoms with Gasteiger partial charge in [0.25, 0.3) is 0 Å². The Balaban J connectivity index is 0.000000151. The lowest BCUT2D eigenvalue weighted by molar-refractivity contribution is 1.06. The van der Waals surface area contributed by atoms with Gasteiger partial charge in [-0.05, 0) is 30.7 Å². The molecule has 0 unspecified atom stereocenters. The molecule has 0 spiro atoms. The quantitative estimate of drug-likeness (QED) is 0.363. The van der Waals surface area contributed by atoms with Crippen molar-refractivity contribution in [1.29, 1.82) is 0 Å². The molecule has 0 saturated carbocycles. The van der Waals surface area contributed by atoms with Gasteiger partial charge in [-0.3, -0.25) is 9.97 Å². The molecule has 4 rings (SSSR count). The van der Waals surface area contributed by atoms with Crippen molar-refractivity contribution in [3.8, 4) is 0 Å². The van der Waals surface area contributed by atoms with Crippen molar-refractivity contribution in [2.45, 2.75) is 12.8 Å². The van der Waals surface area contributed by atoms with Gasteiger partial charge in [0.15, 0.2) is 0 Å². The number of pyridine rings is 2. The van der Waals surface area contributed by atoms with Crippen molar-refractivity contribution < 1.29 is 0 Å². The highest BCUT2D eigenvalue weighted by Crippen LogP contribution is 2.13. The van der Waals surface area contributed by atoms with E-state index in [1.54, 1.807) is 0 Å². The van der Waals surface area contributed by atoms with E-state index in [4.69, 9.17) is 11.6 Å². The van der Waals surface area contributed by atoms with Gasteiger partial charge in [-0.1, -0.05) is 64.5 Å². The normalized spacial score (nSPS) is 10.5. The zero-order valence-electron chi connectivity index (χ0n) is 14.4. The van der Waals surface area contributed by atoms with E-state index < -0.39 is 0 Å². The fraction of sp³-hybridized carbons (Fsp3) is 0.182. The van der Waals surface area contributed by atoms with Gasteiger partial charge in [-0.2, -0.15) is 0 Å². The lowest BCUT2D eigenvalue weighted by atomic mass is 10.2. The number of hydrogen-bond acceptors (Lipinski definition) is 2. The Bertz CT molecular complexity index is 906. The lowest BCUT2D eigenvalue weighted by Crippen LogP contribution is -1.90. The second kappa shape index (κ2) is 9.65. The van der Waals surface area contributed by atoms with Crippen LogP contribution in [0.25, 0.3) is 21.8 Å². The van der Waals surface area contributed by atoms with Crippen molar-refractivity contribution in [3.63, 3.8) is 0 Å². The maximum absolute atomic E-state index is 5.65. The molecular weight excluding hydrogens is 408 g/mol. The van der Waals surface area contributed by atoms with Gasteiger partial charge in [0.05, 0.1) is 11.0 Å². The number of aryl methyl sites for hydroxylation is 2. The second-order valence-electron chi connectivity index (χ2n) is 5.87. The Morgan fingerprint density at radius 3 is 1.65 bits per heavy atom. The van der Waals surface area contributed by atoms with E-state index >= 15 is 0 Å². The molecule has 0 aliphatic heterocycles. The Labute approximate surface area is 167 Å². The predicted octanol–water partition coefficient (Wildman–Crippen LogP) is 6.19. The molecule has 4 aromatic rings. The van der Waals surface area contributed by atoms with Gasteiger partial charge >= 0.3 is 0 Å². The van der Waals surface area contributed by atoms with Gasteiger partial charge in [0.1, 0.15) is 0 Å². The molecule has 2 aromatic carbocycles. The molecule has 0 aliphatic rings. The first kappa shape index (κ1) is 18.8. The maximum atomic E-state index is 5.65. The van der Waals surface area contributed by atoms with Crippen LogP contribution in [0.3, 0.4) is 0 Å². The summed E-state index contributed by atoms with van der Waals surface area (Å²) in [5.41, 5.74) is 4.34. The molecule has 4 heteroatoms. The Hall–Kier alpha value is -1.97. The van der Waals surface area contributed by atoms with E-state index in [1.807, 2.05) is 42.5 Å². The summed E-state index contributed by atoms with van der Waals surface area (Å²) in [7, 11) is 0. The topological polar surface area (TPSA) is 25.8 Å². The van der Waals surface area contributed by atoms with Crippen LogP contribution in [0.2, 0.25) is 0 Å². The first-order valence-electron chi connectivity index (χ1n) is 8.61. The first-order chi connectivity index (χ1) is 12.8. The van der Waals surface area contributed by atoms with Crippen molar-refractivity contribution in [3.05, 3.63) is 84.2 Å². The molecule has 0 fully saturated rings. The fourth-order valence-corrected chi connectivity index (χ4v) is 3.29. The zero-order valence-corrected chi connectivity index (χ0v) is 16.7. The molecule has 2 nitrogen and oxygen atoms in total. The molecule has 0 atom stereocenters. The van der Waals surface area contributed by atoms with Crippen LogP contribution in [-0.2, 0) is 12.8 Å². The first-order valence-corrected chi connectivity index (χ1v) is 10.3. The standard InChI is InChI=1S/C11H10BrN.C11H10ClN/c2*12-8-7-10-6-5-9-3-1-2-4-11(9)13-10/h2*1-6H,7-8H2. The second-order valence-corrected chi connectivity index (χ2v) is 7.04. The molecule has 26 heavy (non-hydrogen) atoms. The van der Waals surface area contributed by atoms with E-state index in [0.717, 1.165) is 40.6 Å². The van der Waals surface area contributed by atoms with Gasteiger partial charge in [-0.25, -0.2) is 0 Å². The summed E-state index contributed by atoms with van der Waals surface area (Å²) in [6, 6.07) is 24.6. The number of rotatable bonds is 4. The summed E-state index contributed by atoms with van der Waals surface area (Å²) in [6.07, 6.45) is 1.83. The van der Waals surface area contributed by atoms with Crippen LogP contribution >= 0.6 is 27.5 Å². The number of hydrogen-bond donors (Lipinski definition) is 0. The van der Waals surface area contributed by atoms with Crippen LogP contribution in [0.5, 0.6) is 0 Å². The SMILES string of the molecule is BrCCc1ccc2ccccc2n1.ClCCc1ccc2ccccc2n1. The largest absolute Gasteiger partial charge is 0.253 e. The summed E-state index contributed by atoms with van der Waals surface area (Å²) in [4.78, 5) is 9.02. The third-order valence-electron chi connectivity index (χ3n) is 4.01. The molecule has 0 N–H and O–H groups in total. The highest BCUT2D eigenvalue weighted by atomic mass is 79.9. The molecule has 0 radical (unpaired) electrons. The number of para-hydroxylation sites is 2. The van der Waals surface area contributed by atoms with Gasteiger partial charge < -0.3 is 0 Å². The van der Waals surface area contributed by atoms with E-state index in [-0.39, 0.29) is 0 Å². The molecular formula is C22H20BrClN2. The molecule has 0 amide bonds. The summed E-state index contributed by atoms with van der Waals surface area (Å²) < 4.78 is 0. The molecule has 132 valence electrons.